The third kappa shape index (κ3) is 8.19. The van der Waals surface area contributed by atoms with E-state index in [9.17, 15) is 8.42 Å². The van der Waals surface area contributed by atoms with Crippen LogP contribution in [0.15, 0.2) is 150 Å². The molecule has 236 valence electrons. The molecular weight excluding hydrogens is 596 g/mol. The van der Waals surface area contributed by atoms with Crippen molar-refractivity contribution in [2.24, 2.45) is 0 Å². The molecule has 6 nitrogen and oxygen atoms in total. The molecule has 7 heteroatoms. The molecule has 5 rings (SSSR count). The van der Waals surface area contributed by atoms with Crippen LogP contribution >= 0.6 is 0 Å². The number of aryl methyl sites for hydroxylation is 1. The van der Waals surface area contributed by atoms with Crippen molar-refractivity contribution in [1.82, 2.24) is 0 Å². The van der Waals surface area contributed by atoms with Gasteiger partial charge in [0, 0.05) is 0 Å². The van der Waals surface area contributed by atoms with Crippen molar-refractivity contribution < 1.29 is 26.8 Å². The predicted molar refractivity (Wildman–Crippen MR) is 181 cm³/mol. The lowest BCUT2D eigenvalue weighted by Crippen LogP contribution is -2.38. The molecule has 0 heterocycles. The molecule has 5 aromatic carbocycles. The first kappa shape index (κ1) is 32.9. The molecule has 5 aromatic rings. The quantitative estimate of drug-likeness (QED) is 0.0665. The third-order valence-electron chi connectivity index (χ3n) is 7.54. The summed E-state index contributed by atoms with van der Waals surface area (Å²) in [6.07, 6.45) is 2.88. The Hall–Kier alpha value is -4.53. The van der Waals surface area contributed by atoms with Gasteiger partial charge in [-0.25, -0.2) is 0 Å². The van der Waals surface area contributed by atoms with Crippen LogP contribution in [0.5, 0.6) is 5.75 Å². The summed E-state index contributed by atoms with van der Waals surface area (Å²) in [7, 11) is -2.50. The zero-order valence-electron chi connectivity index (χ0n) is 26.0. The minimum Gasteiger partial charge on any atom is -0.497 e. The van der Waals surface area contributed by atoms with E-state index in [1.165, 1.54) is 0 Å². The summed E-state index contributed by atoms with van der Waals surface area (Å²) in [6, 6.07) is 43.9. The summed E-state index contributed by atoms with van der Waals surface area (Å²) in [4.78, 5) is 0.0691. The van der Waals surface area contributed by atoms with E-state index in [0.29, 0.717) is 5.75 Å². The maximum Gasteiger partial charge on any atom is 0.297 e. The normalized spacial score (nSPS) is 12.7. The predicted octanol–water partition coefficient (Wildman–Crippen LogP) is 7.82. The van der Waals surface area contributed by atoms with Crippen molar-refractivity contribution in [3.8, 4) is 5.75 Å². The van der Waals surface area contributed by atoms with E-state index in [1.807, 2.05) is 134 Å². The number of rotatable bonds is 15. The lowest BCUT2D eigenvalue weighted by atomic mass is 9.80. The Morgan fingerprint density at radius 3 is 1.78 bits per heavy atom. The SMILES string of the molecule is COc1ccc(C(OC[C@H](COC/C=C/c2ccccc2)OS(=O)(=O)c2ccc(C)cc2)(c2ccccc2)c2ccccc2)cc1. The van der Waals surface area contributed by atoms with Gasteiger partial charge in [0.15, 0.2) is 0 Å². The zero-order valence-corrected chi connectivity index (χ0v) is 26.8. The van der Waals surface area contributed by atoms with Gasteiger partial charge in [-0.05, 0) is 53.4 Å². The molecule has 0 unspecified atom stereocenters. The Kier molecular flexibility index (Phi) is 11.2. The fourth-order valence-corrected chi connectivity index (χ4v) is 6.25. The van der Waals surface area contributed by atoms with Gasteiger partial charge in [0.25, 0.3) is 10.1 Å². The smallest absolute Gasteiger partial charge is 0.297 e. The highest BCUT2D eigenvalue weighted by Gasteiger charge is 2.39. The van der Waals surface area contributed by atoms with Gasteiger partial charge < -0.3 is 14.2 Å². The van der Waals surface area contributed by atoms with Crippen LogP contribution in [0.1, 0.15) is 27.8 Å². The molecule has 0 saturated carbocycles. The zero-order chi connectivity index (χ0) is 32.2. The molecule has 0 aliphatic carbocycles. The van der Waals surface area contributed by atoms with Gasteiger partial charge in [0.05, 0.1) is 31.8 Å². The number of ether oxygens (including phenoxy) is 3. The van der Waals surface area contributed by atoms with Crippen LogP contribution in [-0.2, 0) is 29.4 Å². The molecule has 0 aliphatic rings. The minimum atomic E-state index is -4.13. The van der Waals surface area contributed by atoms with E-state index in [0.717, 1.165) is 27.8 Å². The Balaban J connectivity index is 1.48. The van der Waals surface area contributed by atoms with Gasteiger partial charge in [0.1, 0.15) is 17.5 Å². The second-order valence-corrected chi connectivity index (χ2v) is 12.4. The molecule has 0 N–H and O–H groups in total. The lowest BCUT2D eigenvalue weighted by molar-refractivity contribution is -0.0506. The summed E-state index contributed by atoms with van der Waals surface area (Å²) in [5.74, 6) is 0.709. The van der Waals surface area contributed by atoms with Crippen molar-refractivity contribution in [1.29, 1.82) is 0 Å². The summed E-state index contributed by atoms with van der Waals surface area (Å²) in [5.41, 5.74) is 3.48. The molecule has 0 aliphatic heterocycles. The summed E-state index contributed by atoms with van der Waals surface area (Å²) in [6.45, 7) is 2.05. The van der Waals surface area contributed by atoms with Crippen molar-refractivity contribution in [2.75, 3.05) is 26.9 Å². The topological polar surface area (TPSA) is 71.1 Å². The first-order valence-electron chi connectivity index (χ1n) is 15.1. The second-order valence-electron chi connectivity index (χ2n) is 10.8. The highest BCUT2D eigenvalue weighted by molar-refractivity contribution is 7.86. The van der Waals surface area contributed by atoms with Crippen LogP contribution in [-0.4, -0.2) is 41.5 Å². The molecule has 0 radical (unpaired) electrons. The van der Waals surface area contributed by atoms with E-state index in [2.05, 4.69) is 0 Å². The standard InChI is InChI=1S/C39H38O6S/c1-31-20-26-38(27-21-31)46(40,41)45-37(29-43-28-12-15-32-13-6-3-7-14-32)30-44-39(33-16-8-4-9-17-33,34-18-10-5-11-19-34)35-22-24-36(42-2)25-23-35/h3-27,37H,28-30H2,1-2H3/b15-12+/t37-/m0/s1. The Bertz CT molecular complexity index is 1730. The highest BCUT2D eigenvalue weighted by Crippen LogP contribution is 2.41. The summed E-state index contributed by atoms with van der Waals surface area (Å²) in [5, 5.41) is 0. The van der Waals surface area contributed by atoms with Crippen molar-refractivity contribution >= 4 is 16.2 Å². The van der Waals surface area contributed by atoms with Crippen molar-refractivity contribution in [3.63, 3.8) is 0 Å². The molecular formula is C39H38O6S. The van der Waals surface area contributed by atoms with Gasteiger partial charge >= 0.3 is 0 Å². The Labute approximate surface area is 272 Å². The van der Waals surface area contributed by atoms with E-state index in [-0.39, 0.29) is 24.7 Å². The van der Waals surface area contributed by atoms with Gasteiger partial charge in [-0.1, -0.05) is 133 Å². The fraction of sp³-hybridized carbons (Fsp3) is 0.179. The van der Waals surface area contributed by atoms with E-state index >= 15 is 0 Å². The van der Waals surface area contributed by atoms with E-state index in [1.54, 1.807) is 31.4 Å². The number of methoxy groups -OCH3 is 1. The third-order valence-corrected chi connectivity index (χ3v) is 8.92. The van der Waals surface area contributed by atoms with Crippen LogP contribution in [0.4, 0.5) is 0 Å². The summed E-state index contributed by atoms with van der Waals surface area (Å²) >= 11 is 0. The molecule has 0 saturated heterocycles. The van der Waals surface area contributed by atoms with Crippen LogP contribution < -0.4 is 4.74 Å². The van der Waals surface area contributed by atoms with Crippen molar-refractivity contribution in [2.45, 2.75) is 23.5 Å². The monoisotopic (exact) mass is 634 g/mol. The minimum absolute atomic E-state index is 0.0213. The largest absolute Gasteiger partial charge is 0.497 e. The molecule has 0 fully saturated rings. The Morgan fingerprint density at radius 1 is 0.674 bits per heavy atom. The molecule has 0 spiro atoms. The fourth-order valence-electron chi connectivity index (χ4n) is 5.20. The number of hydrogen-bond donors (Lipinski definition) is 0. The van der Waals surface area contributed by atoms with Gasteiger partial charge in [0.2, 0.25) is 0 Å². The average Bonchev–Trinajstić information content (AvgIpc) is 3.10. The first-order chi connectivity index (χ1) is 22.4. The van der Waals surface area contributed by atoms with E-state index in [4.69, 9.17) is 18.4 Å². The van der Waals surface area contributed by atoms with E-state index < -0.39 is 21.8 Å². The highest BCUT2D eigenvalue weighted by atomic mass is 32.2. The second kappa shape index (κ2) is 15.7. The molecule has 0 amide bonds. The maximum atomic E-state index is 13.5. The van der Waals surface area contributed by atoms with Crippen molar-refractivity contribution in [3.05, 3.63) is 173 Å². The van der Waals surface area contributed by atoms with Gasteiger partial charge in [-0.15, -0.1) is 0 Å². The van der Waals surface area contributed by atoms with Crippen LogP contribution in [0.2, 0.25) is 0 Å². The number of hydrogen-bond acceptors (Lipinski definition) is 6. The lowest BCUT2D eigenvalue weighted by Gasteiger charge is -2.37. The van der Waals surface area contributed by atoms with Crippen LogP contribution in [0.3, 0.4) is 0 Å². The Morgan fingerprint density at radius 2 is 1.22 bits per heavy atom. The summed E-state index contributed by atoms with van der Waals surface area (Å²) < 4.78 is 51.1. The van der Waals surface area contributed by atoms with Crippen LogP contribution in [0.25, 0.3) is 6.08 Å². The number of benzene rings is 5. The molecule has 0 bridgehead atoms. The van der Waals surface area contributed by atoms with Gasteiger partial charge in [-0.2, -0.15) is 8.42 Å². The average molecular weight is 635 g/mol. The molecule has 46 heavy (non-hydrogen) atoms. The molecule has 0 aromatic heterocycles. The van der Waals surface area contributed by atoms with Gasteiger partial charge in [-0.3, -0.25) is 4.18 Å². The first-order valence-corrected chi connectivity index (χ1v) is 16.5. The molecule has 1 atom stereocenters. The maximum absolute atomic E-state index is 13.5. The van der Waals surface area contributed by atoms with Crippen LogP contribution in [0, 0.1) is 6.92 Å².